The van der Waals surface area contributed by atoms with Gasteiger partial charge in [0, 0.05) is 13.3 Å². The van der Waals surface area contributed by atoms with Gasteiger partial charge in [-0.05, 0) is 55.0 Å². The molecule has 4 nitrogen and oxygen atoms in total. The van der Waals surface area contributed by atoms with E-state index in [2.05, 4.69) is 9.98 Å². The first-order chi connectivity index (χ1) is 10.3. The van der Waals surface area contributed by atoms with Crippen molar-refractivity contribution in [3.05, 3.63) is 54.4 Å². The average molecular weight is 279 g/mol. The third-order valence-corrected chi connectivity index (χ3v) is 3.26. The molecule has 3 rings (SSSR count). The Labute approximate surface area is 123 Å². The molecule has 0 saturated carbocycles. The number of aromatic nitrogens is 2. The molecule has 1 aromatic heterocycles. The molecule has 106 valence electrons. The van der Waals surface area contributed by atoms with Crippen molar-refractivity contribution in [3.63, 3.8) is 0 Å². The number of hydrogen-bond donors (Lipinski definition) is 0. The molecular formula is C17H17N3O. The molecule has 0 fully saturated rings. The van der Waals surface area contributed by atoms with E-state index in [-0.39, 0.29) is 0 Å². The summed E-state index contributed by atoms with van der Waals surface area (Å²) < 4.78 is 7.41. The van der Waals surface area contributed by atoms with Gasteiger partial charge in [0.25, 0.3) is 0 Å². The van der Waals surface area contributed by atoms with Crippen LogP contribution in [0.15, 0.2) is 53.8 Å². The fraction of sp³-hybridized carbons (Fsp3) is 0.176. The van der Waals surface area contributed by atoms with Gasteiger partial charge in [0.05, 0.1) is 29.7 Å². The fourth-order valence-corrected chi connectivity index (χ4v) is 2.17. The van der Waals surface area contributed by atoms with Gasteiger partial charge in [-0.15, -0.1) is 0 Å². The predicted octanol–water partition coefficient (Wildman–Crippen LogP) is 3.72. The van der Waals surface area contributed by atoms with Crippen molar-refractivity contribution in [3.8, 4) is 5.75 Å². The third kappa shape index (κ3) is 2.94. The Hall–Kier alpha value is -2.62. The van der Waals surface area contributed by atoms with Crippen molar-refractivity contribution in [2.45, 2.75) is 6.92 Å². The van der Waals surface area contributed by atoms with E-state index < -0.39 is 0 Å². The first-order valence-corrected chi connectivity index (χ1v) is 6.94. The molecule has 0 aliphatic carbocycles. The predicted molar refractivity (Wildman–Crippen MR) is 85.6 cm³/mol. The van der Waals surface area contributed by atoms with Gasteiger partial charge in [-0.3, -0.25) is 4.99 Å². The summed E-state index contributed by atoms with van der Waals surface area (Å²) in [5, 5.41) is 0. The van der Waals surface area contributed by atoms with E-state index in [0.717, 1.165) is 28.0 Å². The lowest BCUT2D eigenvalue weighted by atomic mass is 10.2. The van der Waals surface area contributed by atoms with Crippen LogP contribution < -0.4 is 4.74 Å². The largest absolute Gasteiger partial charge is 0.494 e. The highest BCUT2D eigenvalue weighted by atomic mass is 16.5. The first-order valence-electron chi connectivity index (χ1n) is 6.94. The van der Waals surface area contributed by atoms with Crippen LogP contribution in [0.1, 0.15) is 12.5 Å². The number of hydrogen-bond acceptors (Lipinski definition) is 3. The Bertz CT molecular complexity index is 772. The Balaban J connectivity index is 1.80. The molecular weight excluding hydrogens is 262 g/mol. The van der Waals surface area contributed by atoms with Gasteiger partial charge in [0.1, 0.15) is 5.75 Å². The zero-order valence-corrected chi connectivity index (χ0v) is 12.2. The van der Waals surface area contributed by atoms with E-state index >= 15 is 0 Å². The molecule has 2 aromatic carbocycles. The lowest BCUT2D eigenvalue weighted by Gasteiger charge is -2.02. The van der Waals surface area contributed by atoms with E-state index in [1.54, 1.807) is 0 Å². The van der Waals surface area contributed by atoms with E-state index in [0.29, 0.717) is 6.61 Å². The second-order valence-electron chi connectivity index (χ2n) is 4.79. The van der Waals surface area contributed by atoms with Gasteiger partial charge >= 0.3 is 0 Å². The molecule has 0 spiro atoms. The van der Waals surface area contributed by atoms with Crippen LogP contribution in [0.4, 0.5) is 5.69 Å². The normalized spacial score (nSPS) is 11.3. The Kier molecular flexibility index (Phi) is 3.69. The summed E-state index contributed by atoms with van der Waals surface area (Å²) >= 11 is 0. The van der Waals surface area contributed by atoms with Gasteiger partial charge in [0.15, 0.2) is 0 Å². The number of aryl methyl sites for hydroxylation is 1. The molecule has 0 aliphatic heterocycles. The van der Waals surface area contributed by atoms with Crippen molar-refractivity contribution < 1.29 is 4.74 Å². The minimum Gasteiger partial charge on any atom is -0.494 e. The maximum Gasteiger partial charge on any atom is 0.119 e. The Morgan fingerprint density at radius 3 is 2.76 bits per heavy atom. The molecule has 0 bridgehead atoms. The van der Waals surface area contributed by atoms with E-state index in [1.165, 1.54) is 0 Å². The molecule has 0 unspecified atom stereocenters. The van der Waals surface area contributed by atoms with Crippen LogP contribution in [-0.2, 0) is 7.05 Å². The van der Waals surface area contributed by atoms with Crippen LogP contribution in [0.25, 0.3) is 11.0 Å². The summed E-state index contributed by atoms with van der Waals surface area (Å²) in [5.41, 5.74) is 4.00. The second-order valence-corrected chi connectivity index (χ2v) is 4.79. The topological polar surface area (TPSA) is 39.4 Å². The number of aliphatic imine (C=N–C) groups is 1. The van der Waals surface area contributed by atoms with Gasteiger partial charge in [-0.1, -0.05) is 0 Å². The standard InChI is InChI=1S/C17H17N3O/c1-3-21-15-7-4-13(5-8-15)11-18-14-6-9-17-16(10-14)19-12-20(17)2/h4-12H,3H2,1-2H3. The number of benzene rings is 2. The number of imidazole rings is 1. The van der Waals surface area contributed by atoms with E-state index in [1.807, 2.05) is 73.5 Å². The molecule has 4 heteroatoms. The van der Waals surface area contributed by atoms with Crippen molar-refractivity contribution in [2.75, 3.05) is 6.61 Å². The second kappa shape index (κ2) is 5.79. The molecule has 0 aliphatic rings. The number of ether oxygens (including phenoxy) is 1. The van der Waals surface area contributed by atoms with Gasteiger partial charge in [-0.2, -0.15) is 0 Å². The number of fused-ring (bicyclic) bond motifs is 1. The van der Waals surface area contributed by atoms with Crippen LogP contribution in [0.5, 0.6) is 5.75 Å². The molecule has 0 N–H and O–H groups in total. The van der Waals surface area contributed by atoms with E-state index in [4.69, 9.17) is 4.74 Å². The van der Waals surface area contributed by atoms with Gasteiger partial charge in [0.2, 0.25) is 0 Å². The quantitative estimate of drug-likeness (QED) is 0.683. The summed E-state index contributed by atoms with van der Waals surface area (Å²) in [6.45, 7) is 2.65. The Morgan fingerprint density at radius 1 is 1.19 bits per heavy atom. The zero-order valence-electron chi connectivity index (χ0n) is 12.2. The molecule has 0 radical (unpaired) electrons. The highest BCUT2D eigenvalue weighted by molar-refractivity contribution is 5.84. The SMILES string of the molecule is CCOc1ccc(C=Nc2ccc3c(c2)ncn3C)cc1. The van der Waals surface area contributed by atoms with Crippen molar-refractivity contribution in [2.24, 2.45) is 12.0 Å². The lowest BCUT2D eigenvalue weighted by molar-refractivity contribution is 0.340. The molecule has 0 amide bonds. The zero-order chi connectivity index (χ0) is 14.7. The summed E-state index contributed by atoms with van der Waals surface area (Å²) in [4.78, 5) is 8.83. The van der Waals surface area contributed by atoms with Crippen LogP contribution in [-0.4, -0.2) is 22.4 Å². The summed E-state index contributed by atoms with van der Waals surface area (Å²) in [7, 11) is 1.98. The van der Waals surface area contributed by atoms with Crippen molar-refractivity contribution in [1.82, 2.24) is 9.55 Å². The summed E-state index contributed by atoms with van der Waals surface area (Å²) in [5.74, 6) is 0.879. The van der Waals surface area contributed by atoms with Crippen molar-refractivity contribution >= 4 is 22.9 Å². The first kappa shape index (κ1) is 13.4. The fourth-order valence-electron chi connectivity index (χ4n) is 2.17. The smallest absolute Gasteiger partial charge is 0.119 e. The van der Waals surface area contributed by atoms with Crippen LogP contribution in [0.2, 0.25) is 0 Å². The maximum absolute atomic E-state index is 5.42. The molecule has 0 atom stereocenters. The maximum atomic E-state index is 5.42. The van der Waals surface area contributed by atoms with Crippen LogP contribution in [0, 0.1) is 0 Å². The summed E-state index contributed by atoms with van der Waals surface area (Å²) in [6.07, 6.45) is 3.66. The monoisotopic (exact) mass is 279 g/mol. The van der Waals surface area contributed by atoms with Crippen molar-refractivity contribution in [1.29, 1.82) is 0 Å². The molecule has 0 saturated heterocycles. The van der Waals surface area contributed by atoms with Crippen LogP contribution in [0.3, 0.4) is 0 Å². The highest BCUT2D eigenvalue weighted by Crippen LogP contribution is 2.20. The molecule has 3 aromatic rings. The summed E-state index contributed by atoms with van der Waals surface area (Å²) in [6, 6.07) is 13.9. The third-order valence-electron chi connectivity index (χ3n) is 3.26. The molecule has 21 heavy (non-hydrogen) atoms. The number of nitrogens with zero attached hydrogens (tertiary/aromatic N) is 3. The van der Waals surface area contributed by atoms with E-state index in [9.17, 15) is 0 Å². The Morgan fingerprint density at radius 2 is 2.00 bits per heavy atom. The molecule has 1 heterocycles. The van der Waals surface area contributed by atoms with Gasteiger partial charge in [-0.25, -0.2) is 4.98 Å². The van der Waals surface area contributed by atoms with Gasteiger partial charge < -0.3 is 9.30 Å². The lowest BCUT2D eigenvalue weighted by Crippen LogP contribution is -1.91. The number of rotatable bonds is 4. The minimum atomic E-state index is 0.678. The average Bonchev–Trinajstić information content (AvgIpc) is 2.88. The minimum absolute atomic E-state index is 0.678. The van der Waals surface area contributed by atoms with Crippen LogP contribution >= 0.6 is 0 Å². The highest BCUT2D eigenvalue weighted by Gasteiger charge is 1.99.